The van der Waals surface area contributed by atoms with E-state index in [0.717, 1.165) is 33.4 Å². The van der Waals surface area contributed by atoms with Crippen LogP contribution in [0.25, 0.3) is 0 Å². The SMILES string of the molecule is C=CCc1cc(C(C)(C)c2cc(CC=C)c(O)c(CC=C)c2)cc(CC=C)c1O. The maximum absolute atomic E-state index is 10.6. The molecule has 0 amide bonds. The Kier molecular flexibility index (Phi) is 7.28. The highest BCUT2D eigenvalue weighted by atomic mass is 16.3. The van der Waals surface area contributed by atoms with Crippen molar-refractivity contribution in [3.8, 4) is 11.5 Å². The Bertz CT molecular complexity index is 794. The highest BCUT2D eigenvalue weighted by molar-refractivity contribution is 5.53. The van der Waals surface area contributed by atoms with E-state index in [4.69, 9.17) is 0 Å². The van der Waals surface area contributed by atoms with Gasteiger partial charge in [-0.3, -0.25) is 0 Å². The summed E-state index contributed by atoms with van der Waals surface area (Å²) < 4.78 is 0. The van der Waals surface area contributed by atoms with E-state index in [2.05, 4.69) is 64.4 Å². The van der Waals surface area contributed by atoms with E-state index in [0.29, 0.717) is 37.2 Å². The fourth-order valence-corrected chi connectivity index (χ4v) is 3.65. The molecule has 0 radical (unpaired) electrons. The minimum atomic E-state index is -0.334. The largest absolute Gasteiger partial charge is 0.507 e. The first kappa shape index (κ1) is 22.3. The summed E-state index contributed by atoms with van der Waals surface area (Å²) in [7, 11) is 0. The van der Waals surface area contributed by atoms with Crippen molar-refractivity contribution in [3.63, 3.8) is 0 Å². The Morgan fingerprint density at radius 2 is 0.862 bits per heavy atom. The maximum Gasteiger partial charge on any atom is 0.122 e. The van der Waals surface area contributed by atoms with Crippen LogP contribution < -0.4 is 0 Å². The lowest BCUT2D eigenvalue weighted by Gasteiger charge is -2.29. The Morgan fingerprint density at radius 3 is 1.07 bits per heavy atom. The average molecular weight is 389 g/mol. The van der Waals surface area contributed by atoms with Gasteiger partial charge in [-0.15, -0.1) is 26.3 Å². The van der Waals surface area contributed by atoms with Crippen molar-refractivity contribution in [2.24, 2.45) is 0 Å². The van der Waals surface area contributed by atoms with Gasteiger partial charge in [0.1, 0.15) is 11.5 Å². The summed E-state index contributed by atoms with van der Waals surface area (Å²) in [6.45, 7) is 19.6. The van der Waals surface area contributed by atoms with E-state index in [1.165, 1.54) is 0 Å². The predicted octanol–water partition coefficient (Wildman–Crippen LogP) is 6.34. The van der Waals surface area contributed by atoms with Crippen LogP contribution in [0.4, 0.5) is 0 Å². The number of benzene rings is 2. The van der Waals surface area contributed by atoms with Gasteiger partial charge in [0.15, 0.2) is 0 Å². The Morgan fingerprint density at radius 1 is 0.621 bits per heavy atom. The maximum atomic E-state index is 10.6. The fraction of sp³-hybridized carbons (Fsp3) is 0.259. The molecule has 2 nitrogen and oxygen atoms in total. The van der Waals surface area contributed by atoms with Gasteiger partial charge in [0.25, 0.3) is 0 Å². The standard InChI is InChI=1S/C27H32O2/c1-7-11-19-15-23(16-20(12-8-2)25(19)28)27(5,6)24-17-21(13-9-3)26(29)22(18-24)14-10-4/h7-10,15-18,28-29H,1-4,11-14H2,5-6H3. The Hall–Kier alpha value is -3.00. The van der Waals surface area contributed by atoms with Crippen LogP contribution in [0, 0.1) is 0 Å². The van der Waals surface area contributed by atoms with Crippen LogP contribution in [0.15, 0.2) is 74.9 Å². The number of rotatable bonds is 10. The average Bonchev–Trinajstić information content (AvgIpc) is 2.68. The molecule has 0 aliphatic carbocycles. The van der Waals surface area contributed by atoms with E-state index in [9.17, 15) is 10.2 Å². The minimum absolute atomic E-state index is 0.315. The molecule has 2 rings (SSSR count). The van der Waals surface area contributed by atoms with Crippen LogP contribution in [-0.4, -0.2) is 10.2 Å². The van der Waals surface area contributed by atoms with Crippen molar-refractivity contribution in [1.82, 2.24) is 0 Å². The fourth-order valence-electron chi connectivity index (χ4n) is 3.65. The second-order valence-corrected chi connectivity index (χ2v) is 7.88. The molecule has 0 bridgehead atoms. The summed E-state index contributed by atoms with van der Waals surface area (Å²) in [5, 5.41) is 21.3. The smallest absolute Gasteiger partial charge is 0.122 e. The molecule has 0 saturated carbocycles. The molecule has 0 aliphatic heterocycles. The molecular weight excluding hydrogens is 356 g/mol. The second kappa shape index (κ2) is 9.47. The number of allylic oxidation sites excluding steroid dienone is 4. The molecule has 0 spiro atoms. The zero-order chi connectivity index (χ0) is 21.6. The van der Waals surface area contributed by atoms with Crippen LogP contribution in [0.5, 0.6) is 11.5 Å². The van der Waals surface area contributed by atoms with Gasteiger partial charge in [0.2, 0.25) is 0 Å². The van der Waals surface area contributed by atoms with Crippen LogP contribution in [-0.2, 0) is 31.1 Å². The molecule has 2 aromatic carbocycles. The molecule has 0 heterocycles. The molecule has 0 unspecified atom stereocenters. The van der Waals surface area contributed by atoms with Crippen molar-refractivity contribution in [2.75, 3.05) is 0 Å². The molecule has 0 fully saturated rings. The lowest BCUT2D eigenvalue weighted by Crippen LogP contribution is -2.20. The highest BCUT2D eigenvalue weighted by Crippen LogP contribution is 2.39. The van der Waals surface area contributed by atoms with Crippen LogP contribution >= 0.6 is 0 Å². The van der Waals surface area contributed by atoms with Crippen LogP contribution in [0.1, 0.15) is 47.2 Å². The van der Waals surface area contributed by atoms with Crippen LogP contribution in [0.2, 0.25) is 0 Å². The van der Waals surface area contributed by atoms with Gasteiger partial charge in [-0.05, 0) is 59.1 Å². The molecule has 0 saturated heterocycles. The number of phenolic OH excluding ortho intramolecular Hbond substituents is 2. The van der Waals surface area contributed by atoms with Gasteiger partial charge in [-0.2, -0.15) is 0 Å². The number of aromatic hydroxyl groups is 2. The van der Waals surface area contributed by atoms with E-state index in [1.54, 1.807) is 24.3 Å². The first-order valence-electron chi connectivity index (χ1n) is 9.94. The highest BCUT2D eigenvalue weighted by Gasteiger charge is 2.27. The van der Waals surface area contributed by atoms with Gasteiger partial charge in [-0.25, -0.2) is 0 Å². The molecular formula is C27H32O2. The molecule has 0 aromatic heterocycles. The lowest BCUT2D eigenvalue weighted by atomic mass is 9.75. The summed E-state index contributed by atoms with van der Waals surface area (Å²) in [6, 6.07) is 8.21. The molecule has 2 aromatic rings. The first-order valence-corrected chi connectivity index (χ1v) is 9.94. The topological polar surface area (TPSA) is 40.5 Å². The second-order valence-electron chi connectivity index (χ2n) is 7.88. The van der Waals surface area contributed by atoms with Crippen LogP contribution in [0.3, 0.4) is 0 Å². The summed E-state index contributed by atoms with van der Waals surface area (Å²) >= 11 is 0. The van der Waals surface area contributed by atoms with Gasteiger partial charge < -0.3 is 10.2 Å². The zero-order valence-corrected chi connectivity index (χ0v) is 17.7. The van der Waals surface area contributed by atoms with E-state index >= 15 is 0 Å². The molecule has 29 heavy (non-hydrogen) atoms. The third-order valence-electron chi connectivity index (χ3n) is 5.44. The normalized spacial score (nSPS) is 11.1. The predicted molar refractivity (Wildman–Crippen MR) is 124 cm³/mol. The molecule has 0 aliphatic rings. The molecule has 2 N–H and O–H groups in total. The van der Waals surface area contributed by atoms with Gasteiger partial charge >= 0.3 is 0 Å². The van der Waals surface area contributed by atoms with Gasteiger partial charge in [-0.1, -0.05) is 62.4 Å². The number of hydrogen-bond acceptors (Lipinski definition) is 2. The van der Waals surface area contributed by atoms with Crippen molar-refractivity contribution in [1.29, 1.82) is 0 Å². The van der Waals surface area contributed by atoms with Crippen molar-refractivity contribution in [2.45, 2.75) is 44.9 Å². The molecule has 0 atom stereocenters. The van der Waals surface area contributed by atoms with E-state index < -0.39 is 0 Å². The quantitative estimate of drug-likeness (QED) is 0.466. The summed E-state index contributed by atoms with van der Waals surface area (Å²) in [4.78, 5) is 0. The third kappa shape index (κ3) is 4.71. The lowest BCUT2D eigenvalue weighted by molar-refractivity contribution is 0.462. The van der Waals surface area contributed by atoms with Crippen molar-refractivity contribution < 1.29 is 10.2 Å². The molecule has 2 heteroatoms. The summed E-state index contributed by atoms with van der Waals surface area (Å²) in [5.74, 6) is 0.629. The zero-order valence-electron chi connectivity index (χ0n) is 17.7. The van der Waals surface area contributed by atoms with Gasteiger partial charge in [0.05, 0.1) is 0 Å². The molecule has 152 valence electrons. The van der Waals surface area contributed by atoms with Crippen molar-refractivity contribution >= 4 is 0 Å². The Labute approximate surface area is 175 Å². The Balaban J connectivity index is 2.70. The monoisotopic (exact) mass is 388 g/mol. The summed E-state index contributed by atoms with van der Waals surface area (Å²) in [5.41, 5.74) is 5.31. The van der Waals surface area contributed by atoms with E-state index in [-0.39, 0.29) is 5.41 Å². The summed E-state index contributed by atoms with van der Waals surface area (Å²) in [6.07, 6.45) is 9.58. The third-order valence-corrected chi connectivity index (χ3v) is 5.44. The number of hydrogen-bond donors (Lipinski definition) is 2. The minimum Gasteiger partial charge on any atom is -0.507 e. The van der Waals surface area contributed by atoms with E-state index in [1.807, 2.05) is 0 Å². The van der Waals surface area contributed by atoms with Crippen molar-refractivity contribution in [3.05, 3.63) is 108 Å². The number of phenols is 2. The first-order chi connectivity index (χ1) is 13.8. The van der Waals surface area contributed by atoms with Gasteiger partial charge in [0, 0.05) is 5.41 Å².